The Morgan fingerprint density at radius 3 is 2.16 bits per heavy atom. The van der Waals surface area contributed by atoms with Crippen molar-refractivity contribution in [2.75, 3.05) is 11.2 Å². The standard InChI is InChI=1S/C6H7N3O2.C6H8N2/c1-5-2-3-7-6(4-5)8-9(10)11;1-5-2-3-8-6(7)4-5/h2-4H,1H3,(H,7,8);2-4H,1H3,(H2,7,8). The summed E-state index contributed by atoms with van der Waals surface area (Å²) >= 11 is 0. The number of rotatable bonds is 2. The largest absolute Gasteiger partial charge is 0.384 e. The van der Waals surface area contributed by atoms with Gasteiger partial charge in [-0.05, 0) is 49.2 Å². The third-order valence-corrected chi connectivity index (χ3v) is 2.06. The Kier molecular flexibility index (Phi) is 5.21. The minimum Gasteiger partial charge on any atom is -0.384 e. The number of nitrogens with zero attached hydrogens (tertiary/aromatic N) is 3. The lowest BCUT2D eigenvalue weighted by Gasteiger charge is -1.95. The predicted molar refractivity (Wildman–Crippen MR) is 73.0 cm³/mol. The average molecular weight is 261 g/mol. The number of hydrogen-bond acceptors (Lipinski definition) is 5. The van der Waals surface area contributed by atoms with Crippen LogP contribution < -0.4 is 11.2 Å². The Hall–Kier alpha value is -2.70. The molecular formula is C12H15N5O2. The van der Waals surface area contributed by atoms with Crippen LogP contribution in [0.1, 0.15) is 11.1 Å². The molecule has 7 heteroatoms. The van der Waals surface area contributed by atoms with E-state index in [2.05, 4.69) is 9.97 Å². The molecule has 0 atom stereocenters. The van der Waals surface area contributed by atoms with Gasteiger partial charge in [0.1, 0.15) is 5.82 Å². The lowest BCUT2D eigenvalue weighted by molar-refractivity contribution is -0.445. The van der Waals surface area contributed by atoms with E-state index in [1.165, 1.54) is 6.20 Å². The molecule has 2 rings (SSSR count). The summed E-state index contributed by atoms with van der Waals surface area (Å²) in [7, 11) is 0. The van der Waals surface area contributed by atoms with Gasteiger partial charge in [-0.3, -0.25) is 0 Å². The van der Waals surface area contributed by atoms with E-state index in [9.17, 15) is 10.1 Å². The van der Waals surface area contributed by atoms with E-state index in [-0.39, 0.29) is 5.82 Å². The minimum absolute atomic E-state index is 0.259. The smallest absolute Gasteiger partial charge is 0.190 e. The normalized spacial score (nSPS) is 9.16. The number of aromatic nitrogens is 2. The summed E-state index contributed by atoms with van der Waals surface area (Å²) in [6, 6.07) is 7.12. The Balaban J connectivity index is 0.000000200. The molecule has 2 aromatic rings. The molecule has 0 aromatic carbocycles. The van der Waals surface area contributed by atoms with Gasteiger partial charge >= 0.3 is 0 Å². The number of nitrogens with two attached hydrogens (primary N) is 1. The molecule has 0 saturated carbocycles. The van der Waals surface area contributed by atoms with Crippen molar-refractivity contribution >= 4 is 11.6 Å². The summed E-state index contributed by atoms with van der Waals surface area (Å²) in [6.45, 7) is 3.82. The van der Waals surface area contributed by atoms with Crippen LogP contribution in [0.2, 0.25) is 0 Å². The second-order valence-corrected chi connectivity index (χ2v) is 3.85. The Labute approximate surface area is 110 Å². The molecule has 100 valence electrons. The van der Waals surface area contributed by atoms with E-state index in [0.29, 0.717) is 5.82 Å². The highest BCUT2D eigenvalue weighted by atomic mass is 16.7. The van der Waals surface area contributed by atoms with E-state index in [0.717, 1.165) is 11.1 Å². The van der Waals surface area contributed by atoms with E-state index in [1.807, 2.05) is 31.4 Å². The molecular weight excluding hydrogens is 246 g/mol. The first-order valence-electron chi connectivity index (χ1n) is 5.49. The van der Waals surface area contributed by atoms with Crippen LogP contribution in [0.5, 0.6) is 0 Å². The van der Waals surface area contributed by atoms with E-state index < -0.39 is 5.03 Å². The number of hydrogen-bond donors (Lipinski definition) is 2. The molecule has 0 bridgehead atoms. The van der Waals surface area contributed by atoms with Crippen molar-refractivity contribution in [3.8, 4) is 0 Å². The highest BCUT2D eigenvalue weighted by molar-refractivity contribution is 5.34. The quantitative estimate of drug-likeness (QED) is 0.632. The fourth-order valence-corrected chi connectivity index (χ4v) is 1.25. The summed E-state index contributed by atoms with van der Waals surface area (Å²) in [6.07, 6.45) is 3.21. The van der Waals surface area contributed by atoms with Gasteiger partial charge in [-0.1, -0.05) is 5.43 Å². The van der Waals surface area contributed by atoms with Crippen molar-refractivity contribution in [2.24, 2.45) is 0 Å². The van der Waals surface area contributed by atoms with Gasteiger partial charge in [0.05, 0.1) is 0 Å². The van der Waals surface area contributed by atoms with Crippen LogP contribution in [-0.4, -0.2) is 15.0 Å². The fraction of sp³-hybridized carbons (Fsp3) is 0.167. The van der Waals surface area contributed by atoms with Gasteiger partial charge in [0.15, 0.2) is 10.9 Å². The molecule has 0 fully saturated rings. The zero-order chi connectivity index (χ0) is 14.3. The summed E-state index contributed by atoms with van der Waals surface area (Å²) in [5, 5.41) is 9.30. The molecule has 0 unspecified atom stereocenters. The number of nitrogens with one attached hydrogen (secondary N) is 1. The second-order valence-electron chi connectivity index (χ2n) is 3.85. The zero-order valence-electron chi connectivity index (χ0n) is 10.7. The number of nitro groups is 1. The third-order valence-electron chi connectivity index (χ3n) is 2.06. The average Bonchev–Trinajstić information content (AvgIpc) is 2.28. The summed E-state index contributed by atoms with van der Waals surface area (Å²) in [5.74, 6) is 0.847. The molecule has 3 N–H and O–H groups in total. The van der Waals surface area contributed by atoms with Gasteiger partial charge < -0.3 is 5.73 Å². The lowest BCUT2D eigenvalue weighted by atomic mass is 10.3. The molecule has 0 spiro atoms. The molecule has 2 heterocycles. The Bertz CT molecular complexity index is 542. The van der Waals surface area contributed by atoms with E-state index in [4.69, 9.17) is 5.73 Å². The number of hydrazine groups is 1. The molecule has 0 radical (unpaired) electrons. The van der Waals surface area contributed by atoms with Crippen molar-refractivity contribution in [1.82, 2.24) is 9.97 Å². The molecule has 19 heavy (non-hydrogen) atoms. The highest BCUT2D eigenvalue weighted by Gasteiger charge is 1.98. The Morgan fingerprint density at radius 1 is 1.16 bits per heavy atom. The van der Waals surface area contributed by atoms with Gasteiger partial charge in [0.25, 0.3) is 0 Å². The van der Waals surface area contributed by atoms with Gasteiger partial charge in [0, 0.05) is 12.4 Å². The van der Waals surface area contributed by atoms with E-state index >= 15 is 0 Å². The van der Waals surface area contributed by atoms with Gasteiger partial charge in [-0.2, -0.15) is 0 Å². The molecule has 0 amide bonds. The lowest BCUT2D eigenvalue weighted by Crippen LogP contribution is -2.08. The first-order valence-corrected chi connectivity index (χ1v) is 5.49. The number of pyridine rings is 2. The fourth-order valence-electron chi connectivity index (χ4n) is 1.25. The van der Waals surface area contributed by atoms with Crippen LogP contribution in [0.3, 0.4) is 0 Å². The van der Waals surface area contributed by atoms with Crippen molar-refractivity contribution in [3.63, 3.8) is 0 Å². The van der Waals surface area contributed by atoms with Gasteiger partial charge in [-0.25, -0.2) is 20.1 Å². The SMILES string of the molecule is Cc1ccnc(N)c1.Cc1ccnc(N[N+](=O)[O-])c1. The zero-order valence-corrected chi connectivity index (χ0v) is 10.7. The monoisotopic (exact) mass is 261 g/mol. The van der Waals surface area contributed by atoms with Gasteiger partial charge in [0.2, 0.25) is 0 Å². The molecule has 0 aliphatic carbocycles. The minimum atomic E-state index is -0.637. The highest BCUT2D eigenvalue weighted by Crippen LogP contribution is 2.04. The maximum atomic E-state index is 9.93. The summed E-state index contributed by atoms with van der Waals surface area (Å²) in [5.41, 5.74) is 9.39. The van der Waals surface area contributed by atoms with E-state index in [1.54, 1.807) is 18.3 Å². The van der Waals surface area contributed by atoms with Crippen LogP contribution >= 0.6 is 0 Å². The maximum absolute atomic E-state index is 9.93. The van der Waals surface area contributed by atoms with Crippen molar-refractivity contribution in [2.45, 2.75) is 13.8 Å². The Morgan fingerprint density at radius 2 is 1.74 bits per heavy atom. The molecule has 7 nitrogen and oxygen atoms in total. The molecule has 0 aliphatic heterocycles. The van der Waals surface area contributed by atoms with Crippen LogP contribution in [-0.2, 0) is 0 Å². The summed E-state index contributed by atoms with van der Waals surface area (Å²) < 4.78 is 0. The number of anilines is 2. The first-order chi connectivity index (χ1) is 8.97. The number of nitrogen functional groups attached to an aromatic ring is 1. The molecule has 0 saturated heterocycles. The van der Waals surface area contributed by atoms with Crippen LogP contribution in [0, 0.1) is 24.0 Å². The summed E-state index contributed by atoms with van der Waals surface area (Å²) in [4.78, 5) is 17.5. The number of aryl methyl sites for hydroxylation is 2. The van der Waals surface area contributed by atoms with Crippen molar-refractivity contribution in [3.05, 3.63) is 57.9 Å². The molecule has 2 aromatic heterocycles. The third kappa shape index (κ3) is 5.97. The maximum Gasteiger partial charge on any atom is 0.190 e. The van der Waals surface area contributed by atoms with Crippen LogP contribution in [0.4, 0.5) is 11.6 Å². The second kappa shape index (κ2) is 6.90. The van der Waals surface area contributed by atoms with Gasteiger partial charge in [-0.15, -0.1) is 0 Å². The van der Waals surface area contributed by atoms with Crippen LogP contribution in [0.15, 0.2) is 36.7 Å². The predicted octanol–water partition coefficient (Wildman–Crippen LogP) is 1.97. The molecule has 0 aliphatic rings. The van der Waals surface area contributed by atoms with Crippen molar-refractivity contribution < 1.29 is 5.03 Å². The van der Waals surface area contributed by atoms with Crippen LogP contribution in [0.25, 0.3) is 0 Å². The topological polar surface area (TPSA) is 107 Å². The van der Waals surface area contributed by atoms with Crippen molar-refractivity contribution in [1.29, 1.82) is 0 Å². The first kappa shape index (κ1) is 14.4.